The van der Waals surface area contributed by atoms with Crippen molar-refractivity contribution in [1.82, 2.24) is 0 Å². The minimum atomic E-state index is 0.851. The largest absolute Gasteiger partial charge is 0.454 e. The highest BCUT2D eigenvalue weighted by molar-refractivity contribution is 7.25. The molecule has 0 aliphatic heterocycles. The van der Waals surface area contributed by atoms with E-state index in [2.05, 4.69) is 204 Å². The number of nitrogens with zero attached hydrogens (tertiary/aromatic N) is 2. The van der Waals surface area contributed by atoms with Gasteiger partial charge in [-0.3, -0.25) is 0 Å². The maximum absolute atomic E-state index is 6.82. The predicted molar refractivity (Wildman–Crippen MR) is 221 cm³/mol. The zero-order valence-electron chi connectivity index (χ0n) is 28.2. The van der Waals surface area contributed by atoms with Crippen LogP contribution in [0.3, 0.4) is 0 Å². The second kappa shape index (κ2) is 12.6. The molecule has 0 saturated heterocycles. The molecule has 8 aromatic carbocycles. The van der Waals surface area contributed by atoms with Crippen LogP contribution in [0.4, 0.5) is 34.1 Å². The fraction of sp³-hybridized carbons (Fsp3) is 0. The molecule has 0 N–H and O–H groups in total. The summed E-state index contributed by atoms with van der Waals surface area (Å²) in [5, 5.41) is 4.72. The molecule has 3 nitrogen and oxygen atoms in total. The second-order valence-electron chi connectivity index (χ2n) is 13.0. The lowest BCUT2D eigenvalue weighted by atomic mass is 10.0. The van der Waals surface area contributed by atoms with Gasteiger partial charge in [-0.1, -0.05) is 115 Å². The van der Waals surface area contributed by atoms with E-state index in [1.165, 1.54) is 31.3 Å². The van der Waals surface area contributed by atoms with Gasteiger partial charge >= 0.3 is 0 Å². The number of benzene rings is 8. The van der Waals surface area contributed by atoms with Crippen LogP contribution in [-0.4, -0.2) is 0 Å². The van der Waals surface area contributed by atoms with Crippen LogP contribution in [0.15, 0.2) is 199 Å². The van der Waals surface area contributed by atoms with Gasteiger partial charge in [0, 0.05) is 59.4 Å². The molecule has 52 heavy (non-hydrogen) atoms. The van der Waals surface area contributed by atoms with Crippen molar-refractivity contribution >= 4 is 87.6 Å². The van der Waals surface area contributed by atoms with E-state index in [9.17, 15) is 0 Å². The van der Waals surface area contributed by atoms with Crippen molar-refractivity contribution in [3.05, 3.63) is 194 Å². The Morgan fingerprint density at radius 2 is 0.904 bits per heavy atom. The summed E-state index contributed by atoms with van der Waals surface area (Å²) in [6.45, 7) is 0. The normalized spacial score (nSPS) is 11.5. The second-order valence-corrected chi connectivity index (χ2v) is 14.1. The first-order valence-electron chi connectivity index (χ1n) is 17.5. The summed E-state index contributed by atoms with van der Waals surface area (Å²) in [4.78, 5) is 4.63. The van der Waals surface area contributed by atoms with Crippen LogP contribution >= 0.6 is 11.3 Å². The van der Waals surface area contributed by atoms with Gasteiger partial charge in [0.1, 0.15) is 5.58 Å². The van der Waals surface area contributed by atoms with Crippen molar-refractivity contribution in [3.8, 4) is 11.1 Å². The third kappa shape index (κ3) is 5.20. The summed E-state index contributed by atoms with van der Waals surface area (Å²) in [6, 6.07) is 68.9. The summed E-state index contributed by atoms with van der Waals surface area (Å²) < 4.78 is 9.38. The van der Waals surface area contributed by atoms with E-state index in [0.717, 1.165) is 56.1 Å². The van der Waals surface area contributed by atoms with Gasteiger partial charge in [0.2, 0.25) is 0 Å². The Bertz CT molecular complexity index is 2800. The molecule has 0 saturated carbocycles. The van der Waals surface area contributed by atoms with Gasteiger partial charge in [0.25, 0.3) is 0 Å². The maximum atomic E-state index is 6.82. The number of rotatable bonds is 7. The molecule has 0 fully saturated rings. The van der Waals surface area contributed by atoms with E-state index in [4.69, 9.17) is 4.42 Å². The fourth-order valence-corrected chi connectivity index (χ4v) is 8.54. The van der Waals surface area contributed by atoms with Crippen LogP contribution < -0.4 is 9.80 Å². The third-order valence-corrected chi connectivity index (χ3v) is 11.0. The molecule has 10 rings (SSSR count). The van der Waals surface area contributed by atoms with Gasteiger partial charge in [-0.2, -0.15) is 0 Å². The number of fused-ring (bicyclic) bond motifs is 6. The van der Waals surface area contributed by atoms with Gasteiger partial charge in [0.15, 0.2) is 5.58 Å². The Hall–Kier alpha value is -6.62. The zero-order chi connectivity index (χ0) is 34.4. The molecule has 0 unspecified atom stereocenters. The van der Waals surface area contributed by atoms with E-state index >= 15 is 0 Å². The minimum Gasteiger partial charge on any atom is -0.454 e. The van der Waals surface area contributed by atoms with Crippen molar-refractivity contribution in [1.29, 1.82) is 0 Å². The van der Waals surface area contributed by atoms with Crippen molar-refractivity contribution in [2.75, 3.05) is 9.80 Å². The molecule has 0 radical (unpaired) electrons. The quantitative estimate of drug-likeness (QED) is 0.167. The summed E-state index contributed by atoms with van der Waals surface area (Å²) in [5.74, 6) is 0. The van der Waals surface area contributed by atoms with Crippen LogP contribution in [-0.2, 0) is 0 Å². The van der Waals surface area contributed by atoms with E-state index < -0.39 is 0 Å². The molecule has 0 amide bonds. The zero-order valence-corrected chi connectivity index (χ0v) is 29.0. The number of furan rings is 1. The first-order valence-corrected chi connectivity index (χ1v) is 18.3. The molecule has 0 atom stereocenters. The lowest BCUT2D eigenvalue weighted by Gasteiger charge is -2.26. The Morgan fingerprint density at radius 3 is 1.65 bits per heavy atom. The SMILES string of the molecule is c1ccc(-c2ccc(N(c3ccc4c(c3)sc3ccccc34)c3cccc4c3oc3ccc(N(c5ccccc5)c5ccccc5)cc34)cc2)cc1. The van der Waals surface area contributed by atoms with Crippen LogP contribution in [0.1, 0.15) is 0 Å². The standard InChI is InChI=1S/C48H32N2OS/c1-4-13-33(14-5-1)34-23-25-37(26-24-34)50(39-27-29-41-40-19-10-11-22-46(40)52-47(41)32-39)44-21-12-20-42-43-31-38(28-30-45(43)51-48(42)44)49(35-15-6-2-7-16-35)36-17-8-3-9-18-36/h1-32H. The highest BCUT2D eigenvalue weighted by Gasteiger charge is 2.22. The molecule has 0 aliphatic carbocycles. The topological polar surface area (TPSA) is 19.6 Å². The van der Waals surface area contributed by atoms with Crippen LogP contribution in [0.2, 0.25) is 0 Å². The highest BCUT2D eigenvalue weighted by Crippen LogP contribution is 2.46. The van der Waals surface area contributed by atoms with Crippen LogP contribution in [0.25, 0.3) is 53.2 Å². The van der Waals surface area contributed by atoms with E-state index in [1.54, 1.807) is 0 Å². The number of thiophene rings is 1. The van der Waals surface area contributed by atoms with Gasteiger partial charge in [-0.15, -0.1) is 11.3 Å². The molecule has 4 heteroatoms. The molecule has 10 aromatic rings. The highest BCUT2D eigenvalue weighted by atomic mass is 32.1. The number of para-hydroxylation sites is 3. The molecule has 2 aromatic heterocycles. The number of hydrogen-bond donors (Lipinski definition) is 0. The van der Waals surface area contributed by atoms with Gasteiger partial charge < -0.3 is 14.2 Å². The van der Waals surface area contributed by atoms with Crippen molar-refractivity contribution in [3.63, 3.8) is 0 Å². The van der Waals surface area contributed by atoms with Crippen LogP contribution in [0, 0.1) is 0 Å². The monoisotopic (exact) mass is 684 g/mol. The first kappa shape index (κ1) is 30.2. The Kier molecular flexibility index (Phi) is 7.33. The summed E-state index contributed by atoms with van der Waals surface area (Å²) in [5.41, 5.74) is 10.5. The maximum Gasteiger partial charge on any atom is 0.159 e. The Morgan fingerprint density at radius 1 is 0.346 bits per heavy atom. The van der Waals surface area contributed by atoms with Gasteiger partial charge in [-0.05, 0) is 90.0 Å². The average Bonchev–Trinajstić information content (AvgIpc) is 3.78. The summed E-state index contributed by atoms with van der Waals surface area (Å²) in [6.07, 6.45) is 0. The Balaban J connectivity index is 1.15. The lowest BCUT2D eigenvalue weighted by molar-refractivity contribution is 0.669. The van der Waals surface area contributed by atoms with Gasteiger partial charge in [-0.25, -0.2) is 0 Å². The van der Waals surface area contributed by atoms with E-state index in [0.29, 0.717) is 0 Å². The van der Waals surface area contributed by atoms with E-state index in [-0.39, 0.29) is 0 Å². The number of anilines is 6. The lowest BCUT2D eigenvalue weighted by Crippen LogP contribution is -2.10. The summed E-state index contributed by atoms with van der Waals surface area (Å²) >= 11 is 1.84. The minimum absolute atomic E-state index is 0.851. The Labute approximate surface area is 305 Å². The molecular formula is C48H32N2OS. The fourth-order valence-electron chi connectivity index (χ4n) is 7.40. The molecule has 2 heterocycles. The molecular weight excluding hydrogens is 653 g/mol. The molecule has 0 aliphatic rings. The summed E-state index contributed by atoms with van der Waals surface area (Å²) in [7, 11) is 0. The van der Waals surface area contributed by atoms with Crippen molar-refractivity contribution in [2.24, 2.45) is 0 Å². The molecule has 246 valence electrons. The average molecular weight is 685 g/mol. The van der Waals surface area contributed by atoms with Crippen LogP contribution in [0.5, 0.6) is 0 Å². The third-order valence-electron chi connectivity index (χ3n) is 9.84. The molecule has 0 spiro atoms. The van der Waals surface area contributed by atoms with E-state index in [1.807, 2.05) is 11.3 Å². The van der Waals surface area contributed by atoms with Gasteiger partial charge in [0.05, 0.1) is 5.69 Å². The molecule has 0 bridgehead atoms. The van der Waals surface area contributed by atoms with Crippen molar-refractivity contribution in [2.45, 2.75) is 0 Å². The number of hydrogen-bond acceptors (Lipinski definition) is 4. The smallest absolute Gasteiger partial charge is 0.159 e. The first-order chi connectivity index (χ1) is 25.8. The van der Waals surface area contributed by atoms with Crippen molar-refractivity contribution < 1.29 is 4.42 Å². The predicted octanol–water partition coefficient (Wildman–Crippen LogP) is 14.6.